The zero-order valence-electron chi connectivity index (χ0n) is 7.76. The van der Waals surface area contributed by atoms with Crippen LogP contribution in [0.2, 0.25) is 0 Å². The Morgan fingerprint density at radius 1 is 1.08 bits per heavy atom. The molecule has 0 spiro atoms. The number of carbonyl (C=O) groups excluding carboxylic acids is 1. The summed E-state index contributed by atoms with van der Waals surface area (Å²) in [4.78, 5) is 8.00. The summed E-state index contributed by atoms with van der Waals surface area (Å²) in [6.07, 6.45) is 0. The summed E-state index contributed by atoms with van der Waals surface area (Å²) in [5.41, 5.74) is 2.49. The lowest BCUT2D eigenvalue weighted by atomic mass is 10.1. The van der Waals surface area contributed by atoms with Crippen molar-refractivity contribution in [1.82, 2.24) is 0 Å². The van der Waals surface area contributed by atoms with Gasteiger partial charge in [0.2, 0.25) is 0 Å². The summed E-state index contributed by atoms with van der Waals surface area (Å²) in [6.45, 7) is 6.13. The molecule has 1 rings (SSSR count). The highest BCUT2D eigenvalue weighted by Gasteiger charge is 1.92. The molecule has 0 aliphatic carbocycles. The van der Waals surface area contributed by atoms with Gasteiger partial charge in [0.25, 0.3) is 0 Å². The lowest BCUT2D eigenvalue weighted by Gasteiger charge is -2.01. The Labute approximate surface area is 73.2 Å². The molecule has 0 aliphatic rings. The molecule has 1 aromatic rings. The molecule has 0 heterocycles. The lowest BCUT2D eigenvalue weighted by molar-refractivity contribution is -0.0979. The van der Waals surface area contributed by atoms with Crippen LogP contribution in [-0.4, -0.2) is 13.9 Å². The van der Waals surface area contributed by atoms with Gasteiger partial charge in [-0.1, -0.05) is 6.07 Å². The quantitative estimate of drug-likeness (QED) is 0.638. The van der Waals surface area contributed by atoms with E-state index < -0.39 is 0 Å². The number of rotatable bonds is 1. The van der Waals surface area contributed by atoms with Gasteiger partial charge < -0.3 is 9.53 Å². The molecule has 0 amide bonds. The van der Waals surface area contributed by atoms with E-state index in [4.69, 9.17) is 9.53 Å². The zero-order chi connectivity index (χ0) is 9.56. The van der Waals surface area contributed by atoms with Gasteiger partial charge in [0.15, 0.2) is 0 Å². The number of hydrogen-bond acceptors (Lipinski definition) is 2. The van der Waals surface area contributed by atoms with E-state index in [9.17, 15) is 0 Å². The van der Waals surface area contributed by atoms with Crippen molar-refractivity contribution in [3.05, 3.63) is 29.3 Å². The maximum Gasteiger partial charge on any atom is 0.119 e. The normalized spacial score (nSPS) is 8.25. The summed E-state index contributed by atoms with van der Waals surface area (Å²) in [5, 5.41) is 0. The van der Waals surface area contributed by atoms with Crippen molar-refractivity contribution in [2.24, 2.45) is 0 Å². The van der Waals surface area contributed by atoms with Crippen LogP contribution in [0.4, 0.5) is 0 Å². The second-order valence-corrected chi connectivity index (χ2v) is 2.53. The third-order valence-corrected chi connectivity index (χ3v) is 1.43. The van der Waals surface area contributed by atoms with Gasteiger partial charge >= 0.3 is 0 Å². The minimum absolute atomic E-state index is 0.942. The van der Waals surface area contributed by atoms with E-state index in [0.717, 1.165) is 5.75 Å². The highest BCUT2D eigenvalue weighted by atomic mass is 16.5. The third-order valence-electron chi connectivity index (χ3n) is 1.43. The maximum absolute atomic E-state index is 8.00. The van der Waals surface area contributed by atoms with Crippen LogP contribution in [0.1, 0.15) is 11.1 Å². The Hall–Kier alpha value is -1.31. The smallest absolute Gasteiger partial charge is 0.119 e. The molecule has 0 radical (unpaired) electrons. The summed E-state index contributed by atoms with van der Waals surface area (Å²) < 4.78 is 5.08. The monoisotopic (exact) mass is 166 g/mol. The van der Waals surface area contributed by atoms with Crippen molar-refractivity contribution < 1.29 is 9.53 Å². The predicted molar refractivity (Wildman–Crippen MR) is 49.6 cm³/mol. The van der Waals surface area contributed by atoms with Gasteiger partial charge in [-0.2, -0.15) is 0 Å². The molecule has 0 N–H and O–H groups in total. The minimum atomic E-state index is 0.942. The summed E-state index contributed by atoms with van der Waals surface area (Å²) >= 11 is 0. The number of hydrogen-bond donors (Lipinski definition) is 0. The second kappa shape index (κ2) is 5.35. The Morgan fingerprint density at radius 2 is 1.50 bits per heavy atom. The molecular weight excluding hydrogens is 152 g/mol. The average molecular weight is 166 g/mol. The number of ether oxygens (including phenoxy) is 1. The van der Waals surface area contributed by atoms with Crippen LogP contribution < -0.4 is 4.74 Å². The van der Waals surface area contributed by atoms with Crippen molar-refractivity contribution in [3.63, 3.8) is 0 Å². The van der Waals surface area contributed by atoms with Gasteiger partial charge in [0.1, 0.15) is 12.5 Å². The molecule has 0 unspecified atom stereocenters. The van der Waals surface area contributed by atoms with E-state index in [1.54, 1.807) is 7.11 Å². The highest BCUT2D eigenvalue weighted by molar-refractivity contribution is 5.32. The van der Waals surface area contributed by atoms with E-state index >= 15 is 0 Å². The molecular formula is C10H14O2. The van der Waals surface area contributed by atoms with Gasteiger partial charge in [0.05, 0.1) is 7.11 Å². The van der Waals surface area contributed by atoms with Gasteiger partial charge in [0, 0.05) is 0 Å². The van der Waals surface area contributed by atoms with Crippen molar-refractivity contribution in [1.29, 1.82) is 0 Å². The van der Waals surface area contributed by atoms with Crippen LogP contribution >= 0.6 is 0 Å². The fourth-order valence-corrected chi connectivity index (χ4v) is 1.05. The Morgan fingerprint density at radius 3 is 1.83 bits per heavy atom. The van der Waals surface area contributed by atoms with Crippen molar-refractivity contribution in [2.45, 2.75) is 13.8 Å². The molecule has 12 heavy (non-hydrogen) atoms. The standard InChI is InChI=1S/C9H12O.CH2O/c1-7-4-8(2)6-9(5-7)10-3;1-2/h4-6H,1-3H3;1H2. The number of benzene rings is 1. The SMILES string of the molecule is C=O.COc1cc(C)cc(C)c1. The largest absolute Gasteiger partial charge is 0.497 e. The van der Waals surface area contributed by atoms with Crippen LogP contribution in [0.15, 0.2) is 18.2 Å². The molecule has 2 nitrogen and oxygen atoms in total. The number of carbonyl (C=O) groups is 1. The maximum atomic E-state index is 8.00. The molecule has 2 heteroatoms. The lowest BCUT2D eigenvalue weighted by Crippen LogP contribution is -1.84. The van der Waals surface area contributed by atoms with Crippen LogP contribution in [0, 0.1) is 13.8 Å². The molecule has 0 aliphatic heterocycles. The molecule has 0 atom stereocenters. The summed E-state index contributed by atoms with van der Waals surface area (Å²) in [5.74, 6) is 0.942. The van der Waals surface area contributed by atoms with E-state index in [0.29, 0.717) is 0 Å². The molecule has 0 saturated heterocycles. The molecule has 0 saturated carbocycles. The first-order chi connectivity index (χ1) is 5.72. The van der Waals surface area contributed by atoms with E-state index in [1.807, 2.05) is 18.9 Å². The minimum Gasteiger partial charge on any atom is -0.497 e. The Bertz CT molecular complexity index is 223. The van der Waals surface area contributed by atoms with Crippen molar-refractivity contribution in [3.8, 4) is 5.75 Å². The summed E-state index contributed by atoms with van der Waals surface area (Å²) in [7, 11) is 1.69. The van der Waals surface area contributed by atoms with E-state index in [2.05, 4.69) is 19.9 Å². The van der Waals surface area contributed by atoms with Crippen LogP contribution in [0.5, 0.6) is 5.75 Å². The molecule has 66 valence electrons. The van der Waals surface area contributed by atoms with Crippen molar-refractivity contribution >= 4 is 6.79 Å². The first kappa shape index (κ1) is 10.7. The number of methoxy groups -OCH3 is 1. The number of aryl methyl sites for hydroxylation is 2. The Balaban J connectivity index is 0.000000561. The predicted octanol–water partition coefficient (Wildman–Crippen LogP) is 2.13. The van der Waals surface area contributed by atoms with E-state index in [-0.39, 0.29) is 0 Å². The van der Waals surface area contributed by atoms with E-state index in [1.165, 1.54) is 11.1 Å². The fraction of sp³-hybridized carbons (Fsp3) is 0.300. The molecule has 0 bridgehead atoms. The molecule has 1 aromatic carbocycles. The summed E-state index contributed by atoms with van der Waals surface area (Å²) in [6, 6.07) is 6.17. The average Bonchev–Trinajstić information content (AvgIpc) is 2.06. The fourth-order valence-electron chi connectivity index (χ4n) is 1.05. The molecule has 0 aromatic heterocycles. The van der Waals surface area contributed by atoms with Crippen molar-refractivity contribution in [2.75, 3.05) is 7.11 Å². The van der Waals surface area contributed by atoms with Gasteiger partial charge in [-0.05, 0) is 37.1 Å². The zero-order valence-corrected chi connectivity index (χ0v) is 7.76. The second-order valence-electron chi connectivity index (χ2n) is 2.53. The van der Waals surface area contributed by atoms with Crippen LogP contribution in [-0.2, 0) is 4.79 Å². The van der Waals surface area contributed by atoms with Gasteiger partial charge in [-0.15, -0.1) is 0 Å². The van der Waals surface area contributed by atoms with Gasteiger partial charge in [-0.25, -0.2) is 0 Å². The molecule has 0 fully saturated rings. The first-order valence-corrected chi connectivity index (χ1v) is 3.63. The highest BCUT2D eigenvalue weighted by Crippen LogP contribution is 2.14. The van der Waals surface area contributed by atoms with Gasteiger partial charge in [-0.3, -0.25) is 0 Å². The topological polar surface area (TPSA) is 26.3 Å². The van der Waals surface area contributed by atoms with Crippen LogP contribution in [0.3, 0.4) is 0 Å². The van der Waals surface area contributed by atoms with Crippen LogP contribution in [0.25, 0.3) is 0 Å². The third kappa shape index (κ3) is 3.19. The Kier molecular flexibility index (Phi) is 4.77. The first-order valence-electron chi connectivity index (χ1n) is 3.63.